The lowest BCUT2D eigenvalue weighted by atomic mass is 10.2. The number of hydrogen-bond acceptors (Lipinski definition) is 4. The Morgan fingerprint density at radius 1 is 0.583 bits per heavy atom. The van der Waals surface area contributed by atoms with Crippen molar-refractivity contribution in [2.24, 2.45) is 0 Å². The third-order valence-electron chi connectivity index (χ3n) is 3.57. The average Bonchev–Trinajstić information content (AvgIpc) is 2.41. The second-order valence-corrected chi connectivity index (χ2v) is 5.70. The molecule has 2 unspecified atom stereocenters. The monoisotopic (exact) mass is 430 g/mol. The van der Waals surface area contributed by atoms with Crippen LogP contribution in [0.2, 0.25) is 0 Å². The molecule has 0 bridgehead atoms. The van der Waals surface area contributed by atoms with Gasteiger partial charge in [-0.2, -0.15) is 0 Å². The van der Waals surface area contributed by atoms with E-state index in [0.717, 1.165) is 39.3 Å². The standard InChI is InChI=1S/C16H38N4.4ClH/c1-5-19-15(3)9-13-17-11-7-8-12-18-14-10-16(4)20-6-2;;;;/h15-20H,5-14H2,1-4H3;4*1H. The first-order valence-electron chi connectivity index (χ1n) is 8.58. The summed E-state index contributed by atoms with van der Waals surface area (Å²) in [5, 5.41) is 13.9. The molecule has 0 fully saturated rings. The highest BCUT2D eigenvalue weighted by Crippen LogP contribution is 1.91. The highest BCUT2D eigenvalue weighted by Gasteiger charge is 1.99. The summed E-state index contributed by atoms with van der Waals surface area (Å²) in [6, 6.07) is 1.26. The minimum absolute atomic E-state index is 0. The van der Waals surface area contributed by atoms with E-state index in [1.807, 2.05) is 0 Å². The molecule has 0 aliphatic carbocycles. The molecule has 0 aromatic rings. The molecule has 0 aromatic carbocycles. The van der Waals surface area contributed by atoms with Gasteiger partial charge in [0.2, 0.25) is 0 Å². The predicted molar refractivity (Wildman–Crippen MR) is 119 cm³/mol. The predicted octanol–water partition coefficient (Wildman–Crippen LogP) is 3.41. The molecule has 2 atom stereocenters. The first kappa shape index (κ1) is 36.0. The molecule has 0 aromatic heterocycles. The highest BCUT2D eigenvalue weighted by atomic mass is 35.5. The number of nitrogens with one attached hydrogen (secondary N) is 4. The van der Waals surface area contributed by atoms with Crippen LogP contribution >= 0.6 is 49.6 Å². The van der Waals surface area contributed by atoms with E-state index in [-0.39, 0.29) is 49.6 Å². The van der Waals surface area contributed by atoms with Gasteiger partial charge in [0.15, 0.2) is 0 Å². The molecule has 4 nitrogen and oxygen atoms in total. The fourth-order valence-electron chi connectivity index (χ4n) is 2.29. The van der Waals surface area contributed by atoms with Gasteiger partial charge in [-0.15, -0.1) is 49.6 Å². The van der Waals surface area contributed by atoms with Gasteiger partial charge >= 0.3 is 0 Å². The van der Waals surface area contributed by atoms with Crippen molar-refractivity contribution in [2.75, 3.05) is 39.3 Å². The van der Waals surface area contributed by atoms with Crippen LogP contribution in [0.1, 0.15) is 53.4 Å². The largest absolute Gasteiger partial charge is 0.317 e. The van der Waals surface area contributed by atoms with E-state index in [9.17, 15) is 0 Å². The molecule has 4 N–H and O–H groups in total. The average molecular weight is 432 g/mol. The van der Waals surface area contributed by atoms with Gasteiger partial charge in [-0.05, 0) is 78.8 Å². The zero-order valence-electron chi connectivity index (χ0n) is 15.9. The van der Waals surface area contributed by atoms with Crippen LogP contribution in [0.3, 0.4) is 0 Å². The summed E-state index contributed by atoms with van der Waals surface area (Å²) in [6.07, 6.45) is 4.97. The van der Waals surface area contributed by atoms with Crippen molar-refractivity contribution in [1.82, 2.24) is 21.3 Å². The van der Waals surface area contributed by atoms with Crippen molar-refractivity contribution >= 4 is 49.6 Å². The quantitative estimate of drug-likeness (QED) is 0.300. The summed E-state index contributed by atoms with van der Waals surface area (Å²) >= 11 is 0. The van der Waals surface area contributed by atoms with Crippen LogP contribution in [-0.2, 0) is 0 Å². The zero-order chi connectivity index (χ0) is 15.1. The van der Waals surface area contributed by atoms with Crippen molar-refractivity contribution < 1.29 is 0 Å². The summed E-state index contributed by atoms with van der Waals surface area (Å²) < 4.78 is 0. The molecule has 0 amide bonds. The zero-order valence-corrected chi connectivity index (χ0v) is 19.1. The number of unbranched alkanes of at least 4 members (excludes halogenated alkanes) is 1. The van der Waals surface area contributed by atoms with Crippen molar-refractivity contribution in [2.45, 2.75) is 65.5 Å². The van der Waals surface area contributed by atoms with Crippen LogP contribution in [-0.4, -0.2) is 51.4 Å². The summed E-state index contributed by atoms with van der Waals surface area (Å²) in [5.74, 6) is 0. The fraction of sp³-hybridized carbons (Fsp3) is 1.00. The molecular weight excluding hydrogens is 390 g/mol. The first-order valence-corrected chi connectivity index (χ1v) is 8.58. The molecular formula is C16H42Cl4N4. The maximum absolute atomic E-state index is 3.52. The van der Waals surface area contributed by atoms with E-state index >= 15 is 0 Å². The van der Waals surface area contributed by atoms with Crippen LogP contribution in [0, 0.1) is 0 Å². The normalized spacial score (nSPS) is 12.0. The highest BCUT2D eigenvalue weighted by molar-refractivity contribution is 5.86. The van der Waals surface area contributed by atoms with Gasteiger partial charge in [0.05, 0.1) is 0 Å². The van der Waals surface area contributed by atoms with Crippen molar-refractivity contribution in [3.8, 4) is 0 Å². The molecule has 0 rings (SSSR count). The van der Waals surface area contributed by atoms with Gasteiger partial charge in [-0.3, -0.25) is 0 Å². The van der Waals surface area contributed by atoms with E-state index in [1.165, 1.54) is 25.7 Å². The number of hydrogen-bond donors (Lipinski definition) is 4. The Morgan fingerprint density at radius 3 is 1.21 bits per heavy atom. The van der Waals surface area contributed by atoms with Crippen LogP contribution in [0.25, 0.3) is 0 Å². The van der Waals surface area contributed by atoms with Crippen molar-refractivity contribution in [1.29, 1.82) is 0 Å². The molecule has 24 heavy (non-hydrogen) atoms. The molecule has 0 saturated heterocycles. The second-order valence-electron chi connectivity index (χ2n) is 5.70. The molecule has 0 heterocycles. The molecule has 0 saturated carbocycles. The van der Waals surface area contributed by atoms with E-state index < -0.39 is 0 Å². The van der Waals surface area contributed by atoms with Gasteiger partial charge < -0.3 is 21.3 Å². The Kier molecular flexibility index (Phi) is 43.2. The topological polar surface area (TPSA) is 48.1 Å². The lowest BCUT2D eigenvalue weighted by Gasteiger charge is -2.13. The minimum atomic E-state index is 0. The Morgan fingerprint density at radius 2 is 0.917 bits per heavy atom. The van der Waals surface area contributed by atoms with Crippen LogP contribution in [0.5, 0.6) is 0 Å². The van der Waals surface area contributed by atoms with E-state index in [1.54, 1.807) is 0 Å². The lowest BCUT2D eigenvalue weighted by Crippen LogP contribution is -2.31. The molecule has 0 aliphatic heterocycles. The van der Waals surface area contributed by atoms with Gasteiger partial charge in [0.25, 0.3) is 0 Å². The Bertz CT molecular complexity index is 183. The SMILES string of the molecule is CCNC(C)CCNCCCCNCCC(C)NCC.Cl.Cl.Cl.Cl. The smallest absolute Gasteiger partial charge is 0.00506 e. The number of rotatable bonds is 15. The third-order valence-corrected chi connectivity index (χ3v) is 3.57. The molecule has 0 radical (unpaired) electrons. The van der Waals surface area contributed by atoms with Crippen molar-refractivity contribution in [3.05, 3.63) is 0 Å². The molecule has 8 heteroatoms. The van der Waals surface area contributed by atoms with Gasteiger partial charge in [0.1, 0.15) is 0 Å². The van der Waals surface area contributed by atoms with Crippen LogP contribution in [0.4, 0.5) is 0 Å². The maximum atomic E-state index is 3.52. The summed E-state index contributed by atoms with van der Waals surface area (Å²) in [7, 11) is 0. The van der Waals surface area contributed by atoms with Gasteiger partial charge in [-0.25, -0.2) is 0 Å². The molecule has 0 spiro atoms. The van der Waals surface area contributed by atoms with E-state index in [4.69, 9.17) is 0 Å². The molecule has 0 aliphatic rings. The van der Waals surface area contributed by atoms with Gasteiger partial charge in [-0.1, -0.05) is 13.8 Å². The summed E-state index contributed by atoms with van der Waals surface area (Å²) in [4.78, 5) is 0. The summed E-state index contributed by atoms with van der Waals surface area (Å²) in [6.45, 7) is 15.5. The second kappa shape index (κ2) is 28.8. The molecule has 154 valence electrons. The lowest BCUT2D eigenvalue weighted by molar-refractivity contribution is 0.486. The Balaban J connectivity index is -0.000000301. The Hall–Kier alpha value is 1.00. The Labute approximate surface area is 175 Å². The summed E-state index contributed by atoms with van der Waals surface area (Å²) in [5.41, 5.74) is 0. The van der Waals surface area contributed by atoms with E-state index in [0.29, 0.717) is 12.1 Å². The van der Waals surface area contributed by atoms with E-state index in [2.05, 4.69) is 49.0 Å². The maximum Gasteiger partial charge on any atom is 0.00506 e. The van der Waals surface area contributed by atoms with Crippen LogP contribution in [0.15, 0.2) is 0 Å². The fourth-order valence-corrected chi connectivity index (χ4v) is 2.29. The minimum Gasteiger partial charge on any atom is -0.317 e. The van der Waals surface area contributed by atoms with Gasteiger partial charge in [0, 0.05) is 12.1 Å². The first-order chi connectivity index (χ1) is 9.70. The number of halogens is 4. The van der Waals surface area contributed by atoms with Crippen LogP contribution < -0.4 is 21.3 Å². The van der Waals surface area contributed by atoms with Crippen molar-refractivity contribution in [3.63, 3.8) is 0 Å². The third kappa shape index (κ3) is 27.8.